The minimum atomic E-state index is 0.00419. The van der Waals surface area contributed by atoms with Crippen LogP contribution in [0.1, 0.15) is 23.7 Å². The summed E-state index contributed by atoms with van der Waals surface area (Å²) in [6.07, 6.45) is 2.43. The minimum absolute atomic E-state index is 0.00419. The van der Waals surface area contributed by atoms with Crippen molar-refractivity contribution in [3.05, 3.63) is 52.9 Å². The highest BCUT2D eigenvalue weighted by molar-refractivity contribution is 6.30. The molecule has 2 atom stereocenters. The van der Waals surface area contributed by atoms with Crippen molar-refractivity contribution in [2.45, 2.75) is 18.9 Å². The van der Waals surface area contributed by atoms with Crippen LogP contribution in [-0.4, -0.2) is 15.9 Å². The van der Waals surface area contributed by atoms with Gasteiger partial charge in [0.2, 0.25) is 5.91 Å². The predicted octanol–water partition coefficient (Wildman–Crippen LogP) is 2.13. The van der Waals surface area contributed by atoms with Gasteiger partial charge in [0, 0.05) is 17.1 Å². The molecule has 0 unspecified atom stereocenters. The Labute approximate surface area is 127 Å². The minimum Gasteiger partial charge on any atom is -0.384 e. The quantitative estimate of drug-likeness (QED) is 0.906. The standard InChI is InChI=1S/C15H15ClN4O/c16-10-3-1-2-9(6-10)11-7-12(11)15(21)19-8-14-18-5-4-13(17)20-14/h1-6,11-12H,7-8H2,(H,19,21)(H2,17,18,20)/t11-,12+/m0/s1. The first-order valence-electron chi connectivity index (χ1n) is 6.74. The van der Waals surface area contributed by atoms with Gasteiger partial charge in [0.05, 0.1) is 6.54 Å². The van der Waals surface area contributed by atoms with Crippen molar-refractivity contribution in [3.63, 3.8) is 0 Å². The molecule has 2 aromatic rings. The number of amides is 1. The van der Waals surface area contributed by atoms with E-state index in [1.54, 1.807) is 12.3 Å². The van der Waals surface area contributed by atoms with Crippen molar-refractivity contribution >= 4 is 23.3 Å². The van der Waals surface area contributed by atoms with Gasteiger partial charge >= 0.3 is 0 Å². The molecule has 108 valence electrons. The van der Waals surface area contributed by atoms with E-state index in [9.17, 15) is 4.79 Å². The highest BCUT2D eigenvalue weighted by Gasteiger charge is 2.43. The van der Waals surface area contributed by atoms with Crippen molar-refractivity contribution in [1.82, 2.24) is 15.3 Å². The van der Waals surface area contributed by atoms with E-state index in [1.807, 2.05) is 24.3 Å². The van der Waals surface area contributed by atoms with Gasteiger partial charge in [-0.05, 0) is 36.1 Å². The second-order valence-corrected chi connectivity index (χ2v) is 5.56. The Bertz CT molecular complexity index is 676. The molecule has 1 aliphatic rings. The molecule has 3 rings (SSSR count). The molecule has 0 bridgehead atoms. The molecule has 1 fully saturated rings. The number of nitrogens with one attached hydrogen (secondary N) is 1. The van der Waals surface area contributed by atoms with Crippen LogP contribution >= 0.6 is 11.6 Å². The highest BCUT2D eigenvalue weighted by atomic mass is 35.5. The second-order valence-electron chi connectivity index (χ2n) is 5.12. The molecular weight excluding hydrogens is 288 g/mol. The van der Waals surface area contributed by atoms with Crippen molar-refractivity contribution in [2.24, 2.45) is 5.92 Å². The molecule has 0 spiro atoms. The Kier molecular flexibility index (Phi) is 3.75. The molecular formula is C15H15ClN4O. The lowest BCUT2D eigenvalue weighted by molar-refractivity contribution is -0.122. The van der Waals surface area contributed by atoms with Gasteiger partial charge in [-0.15, -0.1) is 0 Å². The van der Waals surface area contributed by atoms with Crippen LogP contribution in [0.5, 0.6) is 0 Å². The van der Waals surface area contributed by atoms with Gasteiger partial charge in [0.1, 0.15) is 11.6 Å². The lowest BCUT2D eigenvalue weighted by Crippen LogP contribution is -2.26. The zero-order chi connectivity index (χ0) is 14.8. The summed E-state index contributed by atoms with van der Waals surface area (Å²) in [5.74, 6) is 1.20. The Hall–Kier alpha value is -2.14. The first-order chi connectivity index (χ1) is 10.1. The number of nitrogens with two attached hydrogens (primary N) is 1. The highest BCUT2D eigenvalue weighted by Crippen LogP contribution is 2.47. The Balaban J connectivity index is 1.56. The van der Waals surface area contributed by atoms with Crippen molar-refractivity contribution < 1.29 is 4.79 Å². The topological polar surface area (TPSA) is 80.9 Å². The number of hydrogen-bond donors (Lipinski definition) is 2. The predicted molar refractivity (Wildman–Crippen MR) is 80.6 cm³/mol. The summed E-state index contributed by atoms with van der Waals surface area (Å²) in [4.78, 5) is 20.2. The normalized spacial score (nSPS) is 20.0. The summed E-state index contributed by atoms with van der Waals surface area (Å²) in [5, 5.41) is 3.55. The van der Waals surface area contributed by atoms with E-state index in [4.69, 9.17) is 17.3 Å². The fourth-order valence-corrected chi connectivity index (χ4v) is 2.59. The summed E-state index contributed by atoms with van der Waals surface area (Å²) >= 11 is 5.97. The average Bonchev–Trinajstić information content (AvgIpc) is 3.25. The molecule has 5 nitrogen and oxygen atoms in total. The fraction of sp³-hybridized carbons (Fsp3) is 0.267. The molecule has 6 heteroatoms. The third-order valence-electron chi connectivity index (χ3n) is 3.55. The van der Waals surface area contributed by atoms with Crippen molar-refractivity contribution in [2.75, 3.05) is 5.73 Å². The number of nitrogen functional groups attached to an aromatic ring is 1. The largest absolute Gasteiger partial charge is 0.384 e. The van der Waals surface area contributed by atoms with Crippen LogP contribution in [0.25, 0.3) is 0 Å². The molecule has 1 aromatic heterocycles. The van der Waals surface area contributed by atoms with Crippen molar-refractivity contribution in [1.29, 1.82) is 0 Å². The lowest BCUT2D eigenvalue weighted by Gasteiger charge is -2.05. The lowest BCUT2D eigenvalue weighted by atomic mass is 10.1. The average molecular weight is 303 g/mol. The first kappa shape index (κ1) is 13.8. The number of halogens is 1. The third-order valence-corrected chi connectivity index (χ3v) is 3.79. The molecule has 1 heterocycles. The molecule has 1 amide bonds. The maximum Gasteiger partial charge on any atom is 0.224 e. The number of rotatable bonds is 4. The van der Waals surface area contributed by atoms with Crippen LogP contribution in [0.3, 0.4) is 0 Å². The maximum absolute atomic E-state index is 12.1. The van der Waals surface area contributed by atoms with Gasteiger partial charge in [-0.25, -0.2) is 9.97 Å². The van der Waals surface area contributed by atoms with Crippen LogP contribution < -0.4 is 11.1 Å². The van der Waals surface area contributed by atoms with E-state index >= 15 is 0 Å². The number of anilines is 1. The van der Waals surface area contributed by atoms with Gasteiger partial charge in [0.25, 0.3) is 0 Å². The van der Waals surface area contributed by atoms with Gasteiger partial charge in [-0.1, -0.05) is 23.7 Å². The van der Waals surface area contributed by atoms with E-state index < -0.39 is 0 Å². The Morgan fingerprint density at radius 1 is 1.43 bits per heavy atom. The summed E-state index contributed by atoms with van der Waals surface area (Å²) in [6.45, 7) is 0.294. The van der Waals surface area contributed by atoms with Crippen LogP contribution in [0, 0.1) is 5.92 Å². The number of nitrogens with zero attached hydrogens (tertiary/aromatic N) is 2. The number of aromatic nitrogens is 2. The molecule has 1 aromatic carbocycles. The van der Waals surface area contributed by atoms with E-state index in [1.165, 1.54) is 0 Å². The first-order valence-corrected chi connectivity index (χ1v) is 7.12. The SMILES string of the molecule is Nc1ccnc(CNC(=O)[C@@H]2C[C@H]2c2cccc(Cl)c2)n1. The summed E-state index contributed by atoms with van der Waals surface area (Å²) in [6, 6.07) is 9.28. The smallest absolute Gasteiger partial charge is 0.224 e. The van der Waals surface area contributed by atoms with Crippen LogP contribution in [0.4, 0.5) is 5.82 Å². The van der Waals surface area contributed by atoms with Crippen LogP contribution in [-0.2, 0) is 11.3 Å². The van der Waals surface area contributed by atoms with Crippen molar-refractivity contribution in [3.8, 4) is 0 Å². The van der Waals surface area contributed by atoms with Gasteiger partial charge in [-0.2, -0.15) is 0 Å². The zero-order valence-electron chi connectivity index (χ0n) is 11.3. The molecule has 0 aliphatic heterocycles. The summed E-state index contributed by atoms with van der Waals surface area (Å²) in [5.41, 5.74) is 6.69. The zero-order valence-corrected chi connectivity index (χ0v) is 12.0. The van der Waals surface area contributed by atoms with E-state index in [0.717, 1.165) is 12.0 Å². The van der Waals surface area contributed by atoms with Crippen LogP contribution in [0.2, 0.25) is 5.02 Å². The third kappa shape index (κ3) is 3.31. The van der Waals surface area contributed by atoms with Gasteiger partial charge in [0.15, 0.2) is 0 Å². The molecule has 1 aliphatic carbocycles. The Morgan fingerprint density at radius 2 is 2.29 bits per heavy atom. The van der Waals surface area contributed by atoms with Gasteiger partial charge < -0.3 is 11.1 Å². The number of benzene rings is 1. The summed E-state index contributed by atoms with van der Waals surface area (Å²) < 4.78 is 0. The number of carbonyl (C=O) groups excluding carboxylic acids is 1. The molecule has 1 saturated carbocycles. The number of hydrogen-bond acceptors (Lipinski definition) is 4. The van der Waals surface area contributed by atoms with E-state index in [-0.39, 0.29) is 17.7 Å². The van der Waals surface area contributed by atoms with E-state index in [0.29, 0.717) is 23.2 Å². The van der Waals surface area contributed by atoms with E-state index in [2.05, 4.69) is 15.3 Å². The second kappa shape index (κ2) is 5.69. The Morgan fingerprint density at radius 3 is 3.05 bits per heavy atom. The monoisotopic (exact) mass is 302 g/mol. The number of carbonyl (C=O) groups is 1. The fourth-order valence-electron chi connectivity index (χ4n) is 2.39. The van der Waals surface area contributed by atoms with Crippen LogP contribution in [0.15, 0.2) is 36.5 Å². The molecule has 0 saturated heterocycles. The van der Waals surface area contributed by atoms with Gasteiger partial charge in [-0.3, -0.25) is 4.79 Å². The maximum atomic E-state index is 12.1. The summed E-state index contributed by atoms with van der Waals surface area (Å²) in [7, 11) is 0. The molecule has 0 radical (unpaired) electrons. The molecule has 21 heavy (non-hydrogen) atoms. The molecule has 3 N–H and O–H groups in total.